The molecule has 0 bridgehead atoms. The van der Waals surface area contributed by atoms with E-state index >= 15 is 0 Å². The number of aryl methyl sites for hydroxylation is 1. The number of hydrogen-bond donors (Lipinski definition) is 0. The lowest BCUT2D eigenvalue weighted by atomic mass is 10.2. The smallest absolute Gasteiger partial charge is 0.149 e. The first kappa shape index (κ1) is 14.8. The fourth-order valence-electron chi connectivity index (χ4n) is 2.61. The first-order valence-electron chi connectivity index (χ1n) is 7.32. The van der Waals surface area contributed by atoms with Gasteiger partial charge in [0.25, 0.3) is 0 Å². The lowest BCUT2D eigenvalue weighted by Crippen LogP contribution is -2.46. The van der Waals surface area contributed by atoms with Crippen LogP contribution in [0.3, 0.4) is 0 Å². The Kier molecular flexibility index (Phi) is 4.29. The summed E-state index contributed by atoms with van der Waals surface area (Å²) in [5.41, 5.74) is 2.31. The van der Waals surface area contributed by atoms with E-state index in [2.05, 4.69) is 14.9 Å². The summed E-state index contributed by atoms with van der Waals surface area (Å²) >= 11 is 0. The van der Waals surface area contributed by atoms with Crippen LogP contribution < -0.4 is 4.90 Å². The predicted octanol–water partition coefficient (Wildman–Crippen LogP) is 2.39. The van der Waals surface area contributed by atoms with E-state index in [1.807, 2.05) is 11.8 Å². The molecule has 0 unspecified atom stereocenters. The average Bonchev–Trinajstić information content (AvgIpc) is 2.51. The van der Waals surface area contributed by atoms with Crippen LogP contribution >= 0.6 is 0 Å². The van der Waals surface area contributed by atoms with Gasteiger partial charge in [-0.2, -0.15) is 0 Å². The van der Waals surface area contributed by atoms with E-state index in [1.165, 1.54) is 12.1 Å². The molecule has 0 aliphatic carbocycles. The van der Waals surface area contributed by atoms with Crippen LogP contribution in [0.1, 0.15) is 11.4 Å². The lowest BCUT2D eigenvalue weighted by molar-refractivity contribution is 0.246. The largest absolute Gasteiger partial charge is 0.367 e. The Morgan fingerprint density at radius 3 is 2.45 bits per heavy atom. The molecule has 1 aliphatic heterocycles. The van der Waals surface area contributed by atoms with Crippen molar-refractivity contribution in [1.29, 1.82) is 0 Å². The number of aromatic nitrogens is 2. The van der Waals surface area contributed by atoms with Gasteiger partial charge in [0.15, 0.2) is 0 Å². The molecule has 6 heteroatoms. The summed E-state index contributed by atoms with van der Waals surface area (Å²) in [4.78, 5) is 12.8. The zero-order valence-electron chi connectivity index (χ0n) is 12.5. The van der Waals surface area contributed by atoms with Gasteiger partial charge in [-0.25, -0.2) is 8.78 Å². The van der Waals surface area contributed by atoms with Crippen LogP contribution in [-0.2, 0) is 6.54 Å². The molecule has 2 aromatic rings. The molecule has 0 amide bonds. The second kappa shape index (κ2) is 6.36. The molecule has 0 N–H and O–H groups in total. The van der Waals surface area contributed by atoms with Crippen LogP contribution in [0.2, 0.25) is 0 Å². The Morgan fingerprint density at radius 2 is 1.82 bits per heavy atom. The Hall–Kier alpha value is -2.08. The van der Waals surface area contributed by atoms with Gasteiger partial charge in [0.1, 0.15) is 11.6 Å². The third-order valence-corrected chi connectivity index (χ3v) is 3.84. The minimum absolute atomic E-state index is 0.469. The van der Waals surface area contributed by atoms with E-state index in [9.17, 15) is 8.78 Å². The minimum Gasteiger partial charge on any atom is -0.367 e. The van der Waals surface area contributed by atoms with Gasteiger partial charge in [-0.1, -0.05) is 0 Å². The lowest BCUT2D eigenvalue weighted by Gasteiger charge is -2.36. The molecule has 3 rings (SSSR count). The summed E-state index contributed by atoms with van der Waals surface area (Å²) < 4.78 is 26.8. The van der Waals surface area contributed by atoms with E-state index in [0.717, 1.165) is 37.1 Å². The van der Waals surface area contributed by atoms with Crippen molar-refractivity contribution in [3.63, 3.8) is 0 Å². The fourth-order valence-corrected chi connectivity index (χ4v) is 2.61. The van der Waals surface area contributed by atoms with E-state index in [0.29, 0.717) is 18.8 Å². The highest BCUT2D eigenvalue weighted by Crippen LogP contribution is 2.21. The van der Waals surface area contributed by atoms with Crippen molar-refractivity contribution in [2.75, 3.05) is 31.1 Å². The standard InChI is InChI=1S/C16H18F2N4/c1-12-9-20-14(10-19-12)11-21-4-6-22(7-5-21)16-3-2-13(17)8-15(16)18/h2-3,8-10H,4-7,11H2,1H3. The highest BCUT2D eigenvalue weighted by Gasteiger charge is 2.20. The van der Waals surface area contributed by atoms with E-state index < -0.39 is 11.6 Å². The molecule has 4 nitrogen and oxygen atoms in total. The molecular formula is C16H18F2N4. The zero-order chi connectivity index (χ0) is 15.5. The first-order valence-corrected chi connectivity index (χ1v) is 7.32. The third kappa shape index (κ3) is 3.39. The van der Waals surface area contributed by atoms with Crippen LogP contribution in [0.5, 0.6) is 0 Å². The highest BCUT2D eigenvalue weighted by atomic mass is 19.1. The molecule has 1 aromatic heterocycles. The number of nitrogens with zero attached hydrogens (tertiary/aromatic N) is 4. The number of halogens is 2. The van der Waals surface area contributed by atoms with Gasteiger partial charge in [0.2, 0.25) is 0 Å². The van der Waals surface area contributed by atoms with Crippen molar-refractivity contribution in [2.45, 2.75) is 13.5 Å². The van der Waals surface area contributed by atoms with Gasteiger partial charge in [0.05, 0.1) is 17.1 Å². The molecule has 0 radical (unpaired) electrons. The summed E-state index contributed by atoms with van der Waals surface area (Å²) in [7, 11) is 0. The molecule has 1 fully saturated rings. The monoisotopic (exact) mass is 304 g/mol. The maximum Gasteiger partial charge on any atom is 0.149 e. The molecular weight excluding hydrogens is 286 g/mol. The second-order valence-corrected chi connectivity index (χ2v) is 5.51. The van der Waals surface area contributed by atoms with Crippen LogP contribution in [0.25, 0.3) is 0 Å². The number of anilines is 1. The number of hydrogen-bond acceptors (Lipinski definition) is 4. The Bertz CT molecular complexity index is 637. The van der Waals surface area contributed by atoms with Crippen molar-refractivity contribution in [3.05, 3.63) is 53.6 Å². The molecule has 1 aliphatic rings. The summed E-state index contributed by atoms with van der Waals surface area (Å²) in [6.07, 6.45) is 3.56. The van der Waals surface area contributed by atoms with Gasteiger partial charge < -0.3 is 4.90 Å². The maximum absolute atomic E-state index is 13.8. The molecule has 0 atom stereocenters. The maximum atomic E-state index is 13.8. The summed E-state index contributed by atoms with van der Waals surface area (Å²) in [6.45, 7) is 5.70. The quantitative estimate of drug-likeness (QED) is 0.871. The SMILES string of the molecule is Cc1cnc(CN2CCN(c3ccc(F)cc3F)CC2)cn1. The van der Waals surface area contributed by atoms with Crippen molar-refractivity contribution in [3.8, 4) is 0 Å². The molecule has 22 heavy (non-hydrogen) atoms. The van der Waals surface area contributed by atoms with Crippen molar-refractivity contribution in [1.82, 2.24) is 14.9 Å². The Balaban J connectivity index is 1.59. The van der Waals surface area contributed by atoms with Crippen LogP contribution in [0.15, 0.2) is 30.6 Å². The predicted molar refractivity (Wildman–Crippen MR) is 80.6 cm³/mol. The Morgan fingerprint density at radius 1 is 1.05 bits per heavy atom. The topological polar surface area (TPSA) is 32.3 Å². The Labute approximate surface area is 128 Å². The molecule has 2 heterocycles. The van der Waals surface area contributed by atoms with Crippen molar-refractivity contribution in [2.24, 2.45) is 0 Å². The number of benzene rings is 1. The fraction of sp³-hybridized carbons (Fsp3) is 0.375. The third-order valence-electron chi connectivity index (χ3n) is 3.84. The van der Waals surface area contributed by atoms with Gasteiger partial charge in [-0.3, -0.25) is 14.9 Å². The van der Waals surface area contributed by atoms with Gasteiger partial charge >= 0.3 is 0 Å². The minimum atomic E-state index is -0.544. The summed E-state index contributed by atoms with van der Waals surface area (Å²) in [5, 5.41) is 0. The molecule has 116 valence electrons. The summed E-state index contributed by atoms with van der Waals surface area (Å²) in [5.74, 6) is -1.05. The van der Waals surface area contributed by atoms with Crippen molar-refractivity contribution >= 4 is 5.69 Å². The van der Waals surface area contributed by atoms with Crippen LogP contribution in [0, 0.1) is 18.6 Å². The first-order chi connectivity index (χ1) is 10.6. The van der Waals surface area contributed by atoms with Gasteiger partial charge in [-0.05, 0) is 19.1 Å². The van der Waals surface area contributed by atoms with E-state index in [4.69, 9.17) is 0 Å². The zero-order valence-corrected chi connectivity index (χ0v) is 12.5. The van der Waals surface area contributed by atoms with E-state index in [-0.39, 0.29) is 0 Å². The average molecular weight is 304 g/mol. The normalized spacial score (nSPS) is 16.0. The molecule has 1 saturated heterocycles. The molecule has 0 spiro atoms. The molecule has 0 saturated carbocycles. The summed E-state index contributed by atoms with van der Waals surface area (Å²) in [6, 6.07) is 3.74. The van der Waals surface area contributed by atoms with E-state index in [1.54, 1.807) is 12.4 Å². The van der Waals surface area contributed by atoms with Crippen LogP contribution in [0.4, 0.5) is 14.5 Å². The number of piperazine rings is 1. The molecule has 1 aromatic carbocycles. The van der Waals surface area contributed by atoms with Gasteiger partial charge in [-0.15, -0.1) is 0 Å². The van der Waals surface area contributed by atoms with Crippen LogP contribution in [-0.4, -0.2) is 41.0 Å². The van der Waals surface area contributed by atoms with Crippen molar-refractivity contribution < 1.29 is 8.78 Å². The second-order valence-electron chi connectivity index (χ2n) is 5.51. The highest BCUT2D eigenvalue weighted by molar-refractivity contribution is 5.48. The number of rotatable bonds is 3. The van der Waals surface area contributed by atoms with Gasteiger partial charge in [0, 0.05) is 51.2 Å².